The number of rotatable bonds is 2. The van der Waals surface area contributed by atoms with Crippen molar-refractivity contribution in [2.45, 2.75) is 39.4 Å². The van der Waals surface area contributed by atoms with Gasteiger partial charge in [-0.1, -0.05) is 13.0 Å². The number of hydrogen-bond donors (Lipinski definition) is 0. The van der Waals surface area contributed by atoms with E-state index in [2.05, 4.69) is 25.7 Å². The molecule has 3 heteroatoms. The zero-order valence-corrected chi connectivity index (χ0v) is 10.7. The Morgan fingerprint density at radius 3 is 2.53 bits per heavy atom. The molecule has 0 spiro atoms. The van der Waals surface area contributed by atoms with Crippen molar-refractivity contribution < 1.29 is 9.13 Å². The summed E-state index contributed by atoms with van der Waals surface area (Å²) in [6.45, 7) is 7.90. The SMILES string of the molecule is CCc1ccc(F)cc1N1C[C@@H](C)O[C@@H](C)C1. The predicted octanol–water partition coefficient (Wildman–Crippen LogP) is 3.00. The van der Waals surface area contributed by atoms with Gasteiger partial charge in [0.25, 0.3) is 0 Å². The molecule has 1 aliphatic heterocycles. The molecule has 0 aliphatic carbocycles. The second-order valence-corrected chi connectivity index (χ2v) is 4.79. The summed E-state index contributed by atoms with van der Waals surface area (Å²) in [5, 5.41) is 0. The number of halogens is 1. The van der Waals surface area contributed by atoms with Crippen molar-refractivity contribution in [1.82, 2.24) is 0 Å². The zero-order valence-electron chi connectivity index (χ0n) is 10.7. The first kappa shape index (κ1) is 12.4. The maximum absolute atomic E-state index is 13.4. The quantitative estimate of drug-likeness (QED) is 0.784. The van der Waals surface area contributed by atoms with E-state index in [1.165, 1.54) is 11.6 Å². The van der Waals surface area contributed by atoms with Crippen LogP contribution in [0.1, 0.15) is 26.3 Å². The third kappa shape index (κ3) is 2.78. The van der Waals surface area contributed by atoms with Gasteiger partial charge >= 0.3 is 0 Å². The van der Waals surface area contributed by atoms with Crippen LogP contribution < -0.4 is 4.90 Å². The summed E-state index contributed by atoms with van der Waals surface area (Å²) >= 11 is 0. The van der Waals surface area contributed by atoms with Gasteiger partial charge in [0.05, 0.1) is 12.2 Å². The highest BCUT2D eigenvalue weighted by Crippen LogP contribution is 2.25. The number of nitrogens with zero attached hydrogens (tertiary/aromatic N) is 1. The van der Waals surface area contributed by atoms with Crippen LogP contribution in [0.15, 0.2) is 18.2 Å². The third-order valence-electron chi connectivity index (χ3n) is 3.19. The summed E-state index contributed by atoms with van der Waals surface area (Å²) < 4.78 is 19.1. The van der Waals surface area contributed by atoms with Gasteiger partial charge < -0.3 is 9.64 Å². The van der Waals surface area contributed by atoms with Gasteiger partial charge in [-0.2, -0.15) is 0 Å². The van der Waals surface area contributed by atoms with Crippen molar-refractivity contribution in [2.75, 3.05) is 18.0 Å². The van der Waals surface area contributed by atoms with E-state index in [0.29, 0.717) is 0 Å². The minimum absolute atomic E-state index is 0.163. The highest BCUT2D eigenvalue weighted by molar-refractivity contribution is 5.54. The first-order chi connectivity index (χ1) is 8.10. The molecule has 0 unspecified atom stereocenters. The molecule has 94 valence electrons. The lowest BCUT2D eigenvalue weighted by molar-refractivity contribution is -0.00527. The molecule has 1 aliphatic rings. The number of benzene rings is 1. The number of anilines is 1. The van der Waals surface area contributed by atoms with Crippen LogP contribution in [0.25, 0.3) is 0 Å². The van der Waals surface area contributed by atoms with Crippen molar-refractivity contribution in [3.8, 4) is 0 Å². The molecule has 1 fully saturated rings. The second kappa shape index (κ2) is 5.05. The van der Waals surface area contributed by atoms with E-state index in [4.69, 9.17) is 4.74 Å². The van der Waals surface area contributed by atoms with Crippen molar-refractivity contribution in [3.05, 3.63) is 29.6 Å². The molecule has 0 bridgehead atoms. The molecule has 1 aromatic carbocycles. The van der Waals surface area contributed by atoms with Crippen LogP contribution in [0.5, 0.6) is 0 Å². The van der Waals surface area contributed by atoms with Crippen LogP contribution in [0, 0.1) is 5.82 Å². The minimum atomic E-state index is -0.163. The first-order valence-electron chi connectivity index (χ1n) is 6.29. The van der Waals surface area contributed by atoms with E-state index < -0.39 is 0 Å². The van der Waals surface area contributed by atoms with E-state index in [0.717, 1.165) is 25.2 Å². The fourth-order valence-corrected chi connectivity index (χ4v) is 2.50. The zero-order chi connectivity index (χ0) is 12.4. The molecule has 1 heterocycles. The van der Waals surface area contributed by atoms with Gasteiger partial charge in [0.2, 0.25) is 0 Å². The van der Waals surface area contributed by atoms with Gasteiger partial charge in [-0.3, -0.25) is 0 Å². The predicted molar refractivity (Wildman–Crippen MR) is 68.0 cm³/mol. The molecule has 0 saturated carbocycles. The van der Waals surface area contributed by atoms with Crippen LogP contribution in [0.3, 0.4) is 0 Å². The third-order valence-corrected chi connectivity index (χ3v) is 3.19. The highest BCUT2D eigenvalue weighted by Gasteiger charge is 2.23. The lowest BCUT2D eigenvalue weighted by atomic mass is 10.1. The van der Waals surface area contributed by atoms with Crippen LogP contribution in [-0.4, -0.2) is 25.3 Å². The molecular weight excluding hydrogens is 217 g/mol. The highest BCUT2D eigenvalue weighted by atomic mass is 19.1. The Balaban J connectivity index is 2.28. The van der Waals surface area contributed by atoms with Gasteiger partial charge in [0.15, 0.2) is 0 Å². The van der Waals surface area contributed by atoms with E-state index in [1.54, 1.807) is 6.07 Å². The molecule has 0 N–H and O–H groups in total. The van der Waals surface area contributed by atoms with Gasteiger partial charge in [0, 0.05) is 18.8 Å². The van der Waals surface area contributed by atoms with Gasteiger partial charge in [-0.15, -0.1) is 0 Å². The lowest BCUT2D eigenvalue weighted by Crippen LogP contribution is -2.45. The van der Waals surface area contributed by atoms with Crippen molar-refractivity contribution >= 4 is 5.69 Å². The number of ether oxygens (including phenoxy) is 1. The van der Waals surface area contributed by atoms with Gasteiger partial charge in [0.1, 0.15) is 5.82 Å². The van der Waals surface area contributed by atoms with Gasteiger partial charge in [-0.25, -0.2) is 4.39 Å². The maximum Gasteiger partial charge on any atom is 0.125 e. The Hall–Kier alpha value is -1.09. The standard InChI is InChI=1S/C14H20FNO/c1-4-12-5-6-13(15)7-14(12)16-8-10(2)17-11(3)9-16/h5-7,10-11H,4,8-9H2,1-3H3/t10-,11+. The molecule has 2 nitrogen and oxygen atoms in total. The van der Waals surface area contributed by atoms with Crippen molar-refractivity contribution in [1.29, 1.82) is 0 Å². The molecule has 2 rings (SSSR count). The van der Waals surface area contributed by atoms with E-state index in [1.807, 2.05) is 6.07 Å². The molecule has 1 saturated heterocycles. The number of morpholine rings is 1. The fourth-order valence-electron chi connectivity index (χ4n) is 2.50. The summed E-state index contributed by atoms with van der Waals surface area (Å²) in [4.78, 5) is 2.24. The smallest absolute Gasteiger partial charge is 0.125 e. The Morgan fingerprint density at radius 1 is 1.29 bits per heavy atom. The molecule has 1 aromatic rings. The average molecular weight is 237 g/mol. The monoisotopic (exact) mass is 237 g/mol. The fraction of sp³-hybridized carbons (Fsp3) is 0.571. The molecule has 2 atom stereocenters. The summed E-state index contributed by atoms with van der Waals surface area (Å²) in [5.41, 5.74) is 2.22. The van der Waals surface area contributed by atoms with Crippen molar-refractivity contribution in [2.24, 2.45) is 0 Å². The first-order valence-corrected chi connectivity index (χ1v) is 6.29. The molecule has 0 radical (unpaired) electrons. The molecule has 0 aromatic heterocycles. The van der Waals surface area contributed by atoms with Crippen LogP contribution >= 0.6 is 0 Å². The second-order valence-electron chi connectivity index (χ2n) is 4.79. The topological polar surface area (TPSA) is 12.5 Å². The Morgan fingerprint density at radius 2 is 1.94 bits per heavy atom. The van der Waals surface area contributed by atoms with Crippen molar-refractivity contribution in [3.63, 3.8) is 0 Å². The largest absolute Gasteiger partial charge is 0.372 e. The normalized spacial score (nSPS) is 25.1. The minimum Gasteiger partial charge on any atom is -0.372 e. The summed E-state index contributed by atoms with van der Waals surface area (Å²) in [6.07, 6.45) is 1.33. The van der Waals surface area contributed by atoms with E-state index >= 15 is 0 Å². The van der Waals surface area contributed by atoms with Crippen LogP contribution in [0.2, 0.25) is 0 Å². The van der Waals surface area contributed by atoms with Crippen LogP contribution in [-0.2, 0) is 11.2 Å². The van der Waals surface area contributed by atoms with Crippen LogP contribution in [0.4, 0.5) is 10.1 Å². The number of hydrogen-bond acceptors (Lipinski definition) is 2. The summed E-state index contributed by atoms with van der Waals surface area (Å²) in [5.74, 6) is -0.163. The lowest BCUT2D eigenvalue weighted by Gasteiger charge is -2.37. The molecule has 0 amide bonds. The Bertz CT molecular complexity index is 384. The molecular formula is C14H20FNO. The molecule has 17 heavy (non-hydrogen) atoms. The summed E-state index contributed by atoms with van der Waals surface area (Å²) in [6, 6.07) is 5.06. The number of aryl methyl sites for hydroxylation is 1. The summed E-state index contributed by atoms with van der Waals surface area (Å²) in [7, 11) is 0. The maximum atomic E-state index is 13.4. The van der Waals surface area contributed by atoms with Gasteiger partial charge in [-0.05, 0) is 38.0 Å². The van der Waals surface area contributed by atoms with E-state index in [9.17, 15) is 4.39 Å². The van der Waals surface area contributed by atoms with E-state index in [-0.39, 0.29) is 18.0 Å². The average Bonchev–Trinajstić information content (AvgIpc) is 2.27. The Kier molecular flexibility index (Phi) is 3.67. The Labute approximate surface area is 102 Å².